The molecule has 2 amide bonds. The van der Waals surface area contributed by atoms with Gasteiger partial charge in [0, 0.05) is 24.5 Å². The Morgan fingerprint density at radius 1 is 1.04 bits per heavy atom. The number of amides is 2. The van der Waals surface area contributed by atoms with Crippen molar-refractivity contribution in [2.45, 2.75) is 20.4 Å². The molecule has 2 N–H and O–H groups in total. The quantitative estimate of drug-likeness (QED) is 0.716. The Balaban J connectivity index is 1.88. The highest BCUT2D eigenvalue weighted by atomic mass is 16.5. The molecule has 0 atom stereocenters. The number of nitrogens with one attached hydrogen (secondary N) is 2. The lowest BCUT2D eigenvalue weighted by Crippen LogP contribution is -2.36. The van der Waals surface area contributed by atoms with Crippen LogP contribution in [0.15, 0.2) is 42.7 Å². The number of pyridine rings is 1. The zero-order chi connectivity index (χ0) is 18.8. The summed E-state index contributed by atoms with van der Waals surface area (Å²) in [6, 6.07) is 8.59. The molecule has 0 fully saturated rings. The van der Waals surface area contributed by atoms with Crippen LogP contribution in [0.2, 0.25) is 0 Å². The van der Waals surface area contributed by atoms with Crippen molar-refractivity contribution in [3.63, 3.8) is 0 Å². The van der Waals surface area contributed by atoms with Crippen LogP contribution < -0.4 is 20.1 Å². The van der Waals surface area contributed by atoms with Crippen molar-refractivity contribution in [2.24, 2.45) is 0 Å². The summed E-state index contributed by atoms with van der Waals surface area (Å²) >= 11 is 0. The first-order chi connectivity index (χ1) is 12.6. The first-order valence-electron chi connectivity index (χ1n) is 8.47. The molecule has 0 aliphatic rings. The standard InChI is InChI=1S/C19H23N3O4/c1-3-25-16-8-7-15(10-17(16)26-4-2)19(24)22-13-18(23)21-12-14-6-5-9-20-11-14/h5-11H,3-4,12-13H2,1-2H3,(H,21,23)(H,22,24). The van der Waals surface area contributed by atoms with E-state index in [2.05, 4.69) is 15.6 Å². The average Bonchev–Trinajstić information content (AvgIpc) is 2.67. The summed E-state index contributed by atoms with van der Waals surface area (Å²) in [5.74, 6) is 0.451. The molecule has 7 nitrogen and oxygen atoms in total. The van der Waals surface area contributed by atoms with Gasteiger partial charge in [-0.3, -0.25) is 14.6 Å². The van der Waals surface area contributed by atoms with Crippen molar-refractivity contribution in [1.82, 2.24) is 15.6 Å². The van der Waals surface area contributed by atoms with Crippen LogP contribution in [0.5, 0.6) is 11.5 Å². The molecule has 138 valence electrons. The minimum atomic E-state index is -0.356. The third-order valence-electron chi connectivity index (χ3n) is 3.43. The lowest BCUT2D eigenvalue weighted by atomic mass is 10.2. The second-order valence-corrected chi connectivity index (χ2v) is 5.35. The van der Waals surface area contributed by atoms with E-state index >= 15 is 0 Å². The molecule has 0 bridgehead atoms. The normalized spacial score (nSPS) is 10.1. The van der Waals surface area contributed by atoms with Gasteiger partial charge in [0.2, 0.25) is 5.91 Å². The number of hydrogen-bond acceptors (Lipinski definition) is 5. The van der Waals surface area contributed by atoms with Crippen LogP contribution in [0, 0.1) is 0 Å². The maximum Gasteiger partial charge on any atom is 0.251 e. The van der Waals surface area contributed by atoms with Gasteiger partial charge in [-0.05, 0) is 43.7 Å². The fourth-order valence-electron chi connectivity index (χ4n) is 2.22. The van der Waals surface area contributed by atoms with Gasteiger partial charge in [-0.25, -0.2) is 0 Å². The third kappa shape index (κ3) is 5.77. The van der Waals surface area contributed by atoms with Crippen LogP contribution in [0.1, 0.15) is 29.8 Å². The van der Waals surface area contributed by atoms with Crippen molar-refractivity contribution in [3.05, 3.63) is 53.9 Å². The predicted octanol–water partition coefficient (Wildman–Crippen LogP) is 1.93. The number of ether oxygens (including phenoxy) is 2. The van der Waals surface area contributed by atoms with Gasteiger partial charge in [0.1, 0.15) is 0 Å². The molecule has 0 spiro atoms. The Bertz CT molecular complexity index is 735. The Labute approximate surface area is 152 Å². The second kappa shape index (κ2) is 10.0. The smallest absolute Gasteiger partial charge is 0.251 e. The van der Waals surface area contributed by atoms with Crippen molar-refractivity contribution in [2.75, 3.05) is 19.8 Å². The first kappa shape index (κ1) is 19.2. The summed E-state index contributed by atoms with van der Waals surface area (Å²) in [4.78, 5) is 28.1. The number of aromatic nitrogens is 1. The fraction of sp³-hybridized carbons (Fsp3) is 0.316. The lowest BCUT2D eigenvalue weighted by Gasteiger charge is -2.12. The molecule has 2 aromatic rings. The van der Waals surface area contributed by atoms with Crippen LogP contribution in [-0.2, 0) is 11.3 Å². The number of rotatable bonds is 9. The summed E-state index contributed by atoms with van der Waals surface area (Å²) in [7, 11) is 0. The van der Waals surface area contributed by atoms with Gasteiger partial charge in [0.05, 0.1) is 19.8 Å². The monoisotopic (exact) mass is 357 g/mol. The van der Waals surface area contributed by atoms with Gasteiger partial charge in [0.15, 0.2) is 11.5 Å². The highest BCUT2D eigenvalue weighted by Crippen LogP contribution is 2.28. The Hall–Kier alpha value is -3.09. The van der Waals surface area contributed by atoms with E-state index in [0.29, 0.717) is 36.8 Å². The summed E-state index contributed by atoms with van der Waals surface area (Å²) in [5, 5.41) is 5.32. The molecular weight excluding hydrogens is 334 g/mol. The number of carbonyl (C=O) groups excluding carboxylic acids is 2. The van der Waals surface area contributed by atoms with Crippen LogP contribution >= 0.6 is 0 Å². The number of hydrogen-bond donors (Lipinski definition) is 2. The topological polar surface area (TPSA) is 89.5 Å². The molecule has 2 rings (SSSR count). The molecule has 0 radical (unpaired) electrons. The van der Waals surface area contributed by atoms with Crippen LogP contribution in [0.3, 0.4) is 0 Å². The molecule has 1 aromatic carbocycles. The molecule has 0 aliphatic heterocycles. The second-order valence-electron chi connectivity index (χ2n) is 5.35. The van der Waals surface area contributed by atoms with Crippen LogP contribution in [0.25, 0.3) is 0 Å². The highest BCUT2D eigenvalue weighted by molar-refractivity contribution is 5.97. The number of benzene rings is 1. The van der Waals surface area contributed by atoms with E-state index in [4.69, 9.17) is 9.47 Å². The first-order valence-corrected chi connectivity index (χ1v) is 8.47. The molecule has 0 saturated heterocycles. The van der Waals surface area contributed by atoms with Gasteiger partial charge in [-0.2, -0.15) is 0 Å². The van der Waals surface area contributed by atoms with Crippen molar-refractivity contribution < 1.29 is 19.1 Å². The molecule has 1 heterocycles. The zero-order valence-corrected chi connectivity index (χ0v) is 15.0. The summed E-state index contributed by atoms with van der Waals surface area (Å²) < 4.78 is 11.0. The molecule has 1 aromatic heterocycles. The maximum atomic E-state index is 12.3. The molecule has 0 saturated carbocycles. The van der Waals surface area contributed by atoms with E-state index < -0.39 is 0 Å². The molecular formula is C19H23N3O4. The van der Waals surface area contributed by atoms with Gasteiger partial charge in [0.25, 0.3) is 5.91 Å². The van der Waals surface area contributed by atoms with Crippen LogP contribution in [-0.4, -0.2) is 36.6 Å². The Morgan fingerprint density at radius 3 is 2.50 bits per heavy atom. The van der Waals surface area contributed by atoms with Crippen LogP contribution in [0.4, 0.5) is 0 Å². The average molecular weight is 357 g/mol. The van der Waals surface area contributed by atoms with E-state index in [1.807, 2.05) is 19.9 Å². The Kier molecular flexibility index (Phi) is 7.42. The minimum absolute atomic E-state index is 0.115. The highest BCUT2D eigenvalue weighted by Gasteiger charge is 2.12. The fourth-order valence-corrected chi connectivity index (χ4v) is 2.22. The lowest BCUT2D eigenvalue weighted by molar-refractivity contribution is -0.120. The van der Waals surface area contributed by atoms with E-state index in [0.717, 1.165) is 5.56 Å². The van der Waals surface area contributed by atoms with E-state index in [-0.39, 0.29) is 18.4 Å². The molecule has 7 heteroatoms. The van der Waals surface area contributed by atoms with Crippen molar-refractivity contribution >= 4 is 11.8 Å². The van der Waals surface area contributed by atoms with Gasteiger partial charge in [-0.15, -0.1) is 0 Å². The molecule has 0 unspecified atom stereocenters. The summed E-state index contributed by atoms with van der Waals surface area (Å²) in [6.07, 6.45) is 3.34. The SMILES string of the molecule is CCOc1ccc(C(=O)NCC(=O)NCc2cccnc2)cc1OCC. The zero-order valence-electron chi connectivity index (χ0n) is 15.0. The van der Waals surface area contributed by atoms with E-state index in [9.17, 15) is 9.59 Å². The van der Waals surface area contributed by atoms with E-state index in [1.54, 1.807) is 36.7 Å². The van der Waals surface area contributed by atoms with Gasteiger partial charge < -0.3 is 20.1 Å². The van der Waals surface area contributed by atoms with Crippen molar-refractivity contribution in [3.8, 4) is 11.5 Å². The maximum absolute atomic E-state index is 12.3. The molecule has 0 aliphatic carbocycles. The number of nitrogens with zero attached hydrogens (tertiary/aromatic N) is 1. The summed E-state index contributed by atoms with van der Waals surface area (Å²) in [5.41, 5.74) is 1.29. The Morgan fingerprint density at radius 2 is 1.81 bits per heavy atom. The van der Waals surface area contributed by atoms with Crippen molar-refractivity contribution in [1.29, 1.82) is 0 Å². The van der Waals surface area contributed by atoms with Gasteiger partial charge in [-0.1, -0.05) is 6.07 Å². The van der Waals surface area contributed by atoms with Gasteiger partial charge >= 0.3 is 0 Å². The molecule has 26 heavy (non-hydrogen) atoms. The largest absolute Gasteiger partial charge is 0.490 e. The van der Waals surface area contributed by atoms with E-state index in [1.165, 1.54) is 0 Å². The predicted molar refractivity (Wildman–Crippen MR) is 97.2 cm³/mol. The minimum Gasteiger partial charge on any atom is -0.490 e. The third-order valence-corrected chi connectivity index (χ3v) is 3.43. The summed E-state index contributed by atoms with van der Waals surface area (Å²) in [6.45, 7) is 4.94. The number of carbonyl (C=O) groups is 2.